The van der Waals surface area contributed by atoms with Crippen LogP contribution in [0.2, 0.25) is 0 Å². The zero-order valence-electron chi connectivity index (χ0n) is 23.8. The van der Waals surface area contributed by atoms with Gasteiger partial charge < -0.3 is 4.57 Å². The molecule has 40 heavy (non-hydrogen) atoms. The first kappa shape index (κ1) is 29.2. The Bertz CT molecular complexity index is 1480. The third kappa shape index (κ3) is 6.33. The van der Waals surface area contributed by atoms with E-state index in [1.165, 1.54) is 17.9 Å². The highest BCUT2D eigenvalue weighted by Crippen LogP contribution is 2.39. The second-order valence-electron chi connectivity index (χ2n) is 10.3. The van der Waals surface area contributed by atoms with Crippen molar-refractivity contribution in [2.24, 2.45) is 7.05 Å². The molecule has 4 aromatic rings. The number of aryl methyl sites for hydroxylation is 4. The first-order valence-corrected chi connectivity index (χ1v) is 13.3. The lowest BCUT2D eigenvalue weighted by atomic mass is 9.91. The predicted molar refractivity (Wildman–Crippen MR) is 148 cm³/mol. The summed E-state index contributed by atoms with van der Waals surface area (Å²) in [5.74, 6) is 0.853. The second kappa shape index (κ2) is 11.8. The molecule has 0 radical (unpaired) electrons. The number of benzene rings is 1. The maximum atomic E-state index is 14.1. The lowest BCUT2D eigenvalue weighted by Gasteiger charge is -2.26. The van der Waals surface area contributed by atoms with Crippen LogP contribution in [0.3, 0.4) is 0 Å². The van der Waals surface area contributed by atoms with Crippen molar-refractivity contribution in [3.8, 4) is 11.1 Å². The van der Waals surface area contributed by atoms with E-state index < -0.39 is 11.9 Å². The van der Waals surface area contributed by atoms with E-state index in [2.05, 4.69) is 20.0 Å². The van der Waals surface area contributed by atoms with Crippen molar-refractivity contribution in [2.75, 3.05) is 13.6 Å². The Hall–Kier alpha value is -3.79. The quantitative estimate of drug-likeness (QED) is 0.227. The molecule has 0 aliphatic heterocycles. The van der Waals surface area contributed by atoms with Gasteiger partial charge in [0, 0.05) is 68.0 Å². The molecule has 1 aromatic carbocycles. The van der Waals surface area contributed by atoms with Crippen molar-refractivity contribution in [1.82, 2.24) is 29.2 Å². The molecule has 4 rings (SSSR count). The minimum absolute atomic E-state index is 0.0289. The highest BCUT2D eigenvalue weighted by molar-refractivity contribution is 5.84. The number of rotatable bonds is 10. The van der Waals surface area contributed by atoms with Crippen LogP contribution in [0.1, 0.15) is 69.8 Å². The minimum Gasteiger partial charge on any atom is -0.331 e. The minimum atomic E-state index is -4.65. The summed E-state index contributed by atoms with van der Waals surface area (Å²) in [6, 6.07) is 7.54. The molecule has 3 heterocycles. The lowest BCUT2D eigenvalue weighted by Crippen LogP contribution is -2.26. The molecule has 0 aliphatic carbocycles. The lowest BCUT2D eigenvalue weighted by molar-refractivity contribution is -0.140. The molecule has 7 nitrogen and oxygen atoms in total. The van der Waals surface area contributed by atoms with E-state index in [1.54, 1.807) is 18.3 Å². The van der Waals surface area contributed by atoms with Gasteiger partial charge in [0.2, 0.25) is 0 Å². The summed E-state index contributed by atoms with van der Waals surface area (Å²) in [6.45, 7) is 8.90. The molecule has 1 atom stereocenters. The van der Waals surface area contributed by atoms with E-state index in [-0.39, 0.29) is 11.6 Å². The van der Waals surface area contributed by atoms with Crippen molar-refractivity contribution < 1.29 is 18.0 Å². The molecule has 0 N–H and O–H groups in total. The van der Waals surface area contributed by atoms with Crippen LogP contribution >= 0.6 is 0 Å². The smallest absolute Gasteiger partial charge is 0.331 e. The SMILES string of the molecule is CCc1nccn1Cc1cc(C=O)c(CCN(C)C(C)c2cc(C)cc(C)n2)c(-c2cn(C)nc2C(F)(F)F)c1. The molecular weight excluding hydrogens is 517 g/mol. The number of pyridine rings is 1. The van der Waals surface area contributed by atoms with E-state index in [4.69, 9.17) is 0 Å². The highest BCUT2D eigenvalue weighted by atomic mass is 19.4. The van der Waals surface area contributed by atoms with Gasteiger partial charge in [-0.05, 0) is 80.8 Å². The summed E-state index contributed by atoms with van der Waals surface area (Å²) in [4.78, 5) is 23.5. The predicted octanol–water partition coefficient (Wildman–Crippen LogP) is 5.97. The van der Waals surface area contributed by atoms with Gasteiger partial charge in [0.25, 0.3) is 0 Å². The van der Waals surface area contributed by atoms with Gasteiger partial charge in [0.1, 0.15) is 12.1 Å². The molecule has 0 bridgehead atoms. The van der Waals surface area contributed by atoms with Crippen LogP contribution in [0.5, 0.6) is 0 Å². The van der Waals surface area contributed by atoms with Gasteiger partial charge in [-0.3, -0.25) is 19.4 Å². The zero-order chi connectivity index (χ0) is 29.2. The van der Waals surface area contributed by atoms with Crippen LogP contribution < -0.4 is 0 Å². The Kier molecular flexibility index (Phi) is 8.58. The summed E-state index contributed by atoms with van der Waals surface area (Å²) >= 11 is 0. The maximum Gasteiger partial charge on any atom is 0.435 e. The molecule has 0 saturated carbocycles. The monoisotopic (exact) mass is 552 g/mol. The summed E-state index contributed by atoms with van der Waals surface area (Å²) in [5.41, 5.74) is 3.96. The van der Waals surface area contributed by atoms with Crippen LogP contribution in [0.15, 0.2) is 42.9 Å². The van der Waals surface area contributed by atoms with Gasteiger partial charge in [-0.1, -0.05) is 6.92 Å². The normalized spacial score (nSPS) is 12.8. The molecule has 0 saturated heterocycles. The summed E-state index contributed by atoms with van der Waals surface area (Å²) in [7, 11) is 3.42. The third-order valence-corrected chi connectivity index (χ3v) is 7.25. The fourth-order valence-electron chi connectivity index (χ4n) is 5.16. The molecule has 1 unspecified atom stereocenters. The largest absolute Gasteiger partial charge is 0.435 e. The number of likely N-dealkylation sites (N-methyl/N-ethyl adjacent to an activating group) is 1. The zero-order valence-corrected chi connectivity index (χ0v) is 23.8. The molecule has 10 heteroatoms. The standard InChI is InChI=1S/C30H35F3N6O/c1-7-28-34-9-11-39(28)16-22-14-23(18-40)24(25(15-22)26-17-38(6)36-29(26)30(31,32)33)8-10-37(5)21(4)27-13-19(2)12-20(3)35-27/h9,11-15,17-18,21H,7-8,10,16H2,1-6H3. The Balaban J connectivity index is 1.76. The van der Waals surface area contributed by atoms with Crippen LogP contribution in [0.25, 0.3) is 11.1 Å². The topological polar surface area (TPSA) is 68.8 Å². The average Bonchev–Trinajstić information content (AvgIpc) is 3.51. The Morgan fingerprint density at radius 2 is 1.88 bits per heavy atom. The van der Waals surface area contributed by atoms with Crippen molar-refractivity contribution in [3.05, 3.63) is 88.0 Å². The van der Waals surface area contributed by atoms with Gasteiger partial charge in [0.05, 0.1) is 5.69 Å². The number of nitrogens with zero attached hydrogens (tertiary/aromatic N) is 6. The summed E-state index contributed by atoms with van der Waals surface area (Å²) in [6.07, 6.45) is 2.06. The van der Waals surface area contributed by atoms with E-state index in [0.717, 1.165) is 29.1 Å². The first-order valence-electron chi connectivity index (χ1n) is 13.3. The van der Waals surface area contributed by atoms with Crippen LogP contribution in [-0.4, -0.2) is 49.1 Å². The fraction of sp³-hybridized carbons (Fsp3) is 0.400. The average molecular weight is 553 g/mol. The van der Waals surface area contributed by atoms with E-state index in [0.29, 0.717) is 48.2 Å². The Morgan fingerprint density at radius 1 is 1.12 bits per heavy atom. The van der Waals surface area contributed by atoms with Gasteiger partial charge in [-0.15, -0.1) is 0 Å². The van der Waals surface area contributed by atoms with E-state index >= 15 is 0 Å². The second-order valence-corrected chi connectivity index (χ2v) is 10.3. The molecule has 0 fully saturated rings. The Morgan fingerprint density at radius 3 is 2.52 bits per heavy atom. The fourth-order valence-corrected chi connectivity index (χ4v) is 5.16. The molecule has 0 amide bonds. The number of imidazole rings is 1. The number of hydrogen-bond acceptors (Lipinski definition) is 5. The van der Waals surface area contributed by atoms with Gasteiger partial charge >= 0.3 is 6.18 Å². The maximum absolute atomic E-state index is 14.1. The van der Waals surface area contributed by atoms with Crippen LogP contribution in [-0.2, 0) is 32.6 Å². The molecular formula is C30H35F3N6O. The number of alkyl halides is 3. The van der Waals surface area contributed by atoms with Crippen molar-refractivity contribution in [1.29, 1.82) is 0 Å². The number of carbonyl (C=O) groups excluding carboxylic acids is 1. The summed E-state index contributed by atoms with van der Waals surface area (Å²) in [5, 5.41) is 3.74. The van der Waals surface area contributed by atoms with Gasteiger partial charge in [-0.2, -0.15) is 18.3 Å². The summed E-state index contributed by atoms with van der Waals surface area (Å²) < 4.78 is 45.3. The number of aromatic nitrogens is 5. The number of hydrogen-bond donors (Lipinski definition) is 0. The van der Waals surface area contributed by atoms with Crippen LogP contribution in [0.4, 0.5) is 13.2 Å². The number of carbonyl (C=O) groups is 1. The number of halogens is 3. The highest BCUT2D eigenvalue weighted by Gasteiger charge is 2.38. The van der Waals surface area contributed by atoms with Crippen molar-refractivity contribution in [2.45, 2.75) is 59.3 Å². The first-order chi connectivity index (χ1) is 18.9. The van der Waals surface area contributed by atoms with Crippen LogP contribution in [0, 0.1) is 13.8 Å². The molecule has 3 aromatic heterocycles. The molecule has 0 spiro atoms. The van der Waals surface area contributed by atoms with E-state index in [1.807, 2.05) is 57.6 Å². The van der Waals surface area contributed by atoms with Gasteiger partial charge in [-0.25, -0.2) is 4.98 Å². The van der Waals surface area contributed by atoms with E-state index in [9.17, 15) is 18.0 Å². The third-order valence-electron chi connectivity index (χ3n) is 7.25. The van der Waals surface area contributed by atoms with Crippen molar-refractivity contribution >= 4 is 6.29 Å². The number of aldehydes is 1. The molecule has 0 aliphatic rings. The molecule has 212 valence electrons. The van der Waals surface area contributed by atoms with Crippen molar-refractivity contribution in [3.63, 3.8) is 0 Å². The van der Waals surface area contributed by atoms with Gasteiger partial charge in [0.15, 0.2) is 5.69 Å². The Labute approximate surface area is 232 Å².